The van der Waals surface area contributed by atoms with Crippen molar-refractivity contribution in [2.24, 2.45) is 0 Å². The van der Waals surface area contributed by atoms with Gasteiger partial charge in [0.25, 0.3) is 0 Å². The van der Waals surface area contributed by atoms with Crippen molar-refractivity contribution in [3.05, 3.63) is 23.8 Å². The number of ether oxygens (including phenoxy) is 2. The quantitative estimate of drug-likeness (QED) is 0.751. The summed E-state index contributed by atoms with van der Waals surface area (Å²) in [6.07, 6.45) is 7.16. The molecule has 0 bridgehead atoms. The van der Waals surface area contributed by atoms with Gasteiger partial charge in [0.1, 0.15) is 12.2 Å². The molecule has 1 rings (SSSR count). The Balaban J connectivity index is 2.85. The molecule has 0 aromatic rings. The van der Waals surface area contributed by atoms with Crippen molar-refractivity contribution in [2.45, 2.75) is 58.5 Å². The summed E-state index contributed by atoms with van der Waals surface area (Å²) < 4.78 is 11.9. The van der Waals surface area contributed by atoms with Crippen molar-refractivity contribution >= 4 is 0 Å². The maximum atomic E-state index is 9.38. The van der Waals surface area contributed by atoms with E-state index in [9.17, 15) is 5.11 Å². The maximum absolute atomic E-state index is 9.38. The van der Waals surface area contributed by atoms with Gasteiger partial charge in [-0.1, -0.05) is 32.1 Å². The molecule has 1 heterocycles. The molecule has 1 saturated heterocycles. The molecule has 3 nitrogen and oxygen atoms in total. The number of rotatable bonds is 5. The summed E-state index contributed by atoms with van der Waals surface area (Å²) in [5.41, 5.74) is 1.09. The number of allylic oxidation sites excluding steroid dienone is 3. The van der Waals surface area contributed by atoms with Crippen molar-refractivity contribution in [1.82, 2.24) is 0 Å². The molecule has 0 aromatic heterocycles. The lowest BCUT2D eigenvalue weighted by Gasteiger charge is -2.25. The zero-order valence-corrected chi connectivity index (χ0v) is 11.3. The first kappa shape index (κ1) is 14.4. The molecule has 2 unspecified atom stereocenters. The number of aliphatic hydroxyl groups excluding tert-OH is 1. The van der Waals surface area contributed by atoms with Gasteiger partial charge in [-0.3, -0.25) is 0 Å². The molecule has 2 atom stereocenters. The summed E-state index contributed by atoms with van der Waals surface area (Å²) in [5, 5.41) is 9.38. The lowest BCUT2D eigenvalue weighted by Crippen LogP contribution is -2.29. The molecule has 0 saturated carbocycles. The van der Waals surface area contributed by atoms with Gasteiger partial charge < -0.3 is 14.6 Å². The van der Waals surface area contributed by atoms with E-state index < -0.39 is 5.79 Å². The van der Waals surface area contributed by atoms with E-state index in [1.807, 2.05) is 45.9 Å². The highest BCUT2D eigenvalue weighted by molar-refractivity contribution is 5.17. The predicted octanol–water partition coefficient (Wildman–Crippen LogP) is 2.80. The van der Waals surface area contributed by atoms with Crippen molar-refractivity contribution in [3.8, 4) is 0 Å². The maximum Gasteiger partial charge on any atom is 0.169 e. The van der Waals surface area contributed by atoms with Crippen LogP contribution in [0.1, 0.15) is 40.5 Å². The summed E-state index contributed by atoms with van der Waals surface area (Å²) >= 11 is 0. The van der Waals surface area contributed by atoms with E-state index in [-0.39, 0.29) is 18.8 Å². The van der Waals surface area contributed by atoms with Crippen LogP contribution >= 0.6 is 0 Å². The van der Waals surface area contributed by atoms with Crippen molar-refractivity contribution in [3.63, 3.8) is 0 Å². The summed E-state index contributed by atoms with van der Waals surface area (Å²) in [6, 6.07) is 0. The van der Waals surface area contributed by atoms with Crippen LogP contribution in [0.15, 0.2) is 23.8 Å². The van der Waals surface area contributed by atoms with Crippen LogP contribution in [0.3, 0.4) is 0 Å². The van der Waals surface area contributed by atoms with Crippen LogP contribution in [0, 0.1) is 0 Å². The number of hydrogen-bond donors (Lipinski definition) is 1. The Morgan fingerprint density at radius 1 is 1.29 bits per heavy atom. The van der Waals surface area contributed by atoms with E-state index in [2.05, 4.69) is 0 Å². The van der Waals surface area contributed by atoms with E-state index in [4.69, 9.17) is 9.47 Å². The summed E-state index contributed by atoms with van der Waals surface area (Å²) in [7, 11) is 0. The normalized spacial score (nSPS) is 29.1. The Hall–Kier alpha value is -0.640. The van der Waals surface area contributed by atoms with Crippen LogP contribution in [0.2, 0.25) is 0 Å². The Labute approximate surface area is 104 Å². The van der Waals surface area contributed by atoms with E-state index in [1.54, 1.807) is 0 Å². The van der Waals surface area contributed by atoms with Gasteiger partial charge in [-0.05, 0) is 32.3 Å². The zero-order chi connectivity index (χ0) is 12.9. The SMILES string of the molecule is CC=CC=C(C)C1OC(CC)(CC)OC1CO. The lowest BCUT2D eigenvalue weighted by atomic mass is 10.1. The zero-order valence-electron chi connectivity index (χ0n) is 11.3. The van der Waals surface area contributed by atoms with Gasteiger partial charge in [0.05, 0.1) is 6.61 Å². The highest BCUT2D eigenvalue weighted by Crippen LogP contribution is 2.36. The topological polar surface area (TPSA) is 38.7 Å². The van der Waals surface area contributed by atoms with Gasteiger partial charge in [0.2, 0.25) is 0 Å². The largest absolute Gasteiger partial charge is 0.394 e. The third kappa shape index (κ3) is 3.18. The molecule has 0 spiro atoms. The molecule has 98 valence electrons. The smallest absolute Gasteiger partial charge is 0.169 e. The molecule has 0 amide bonds. The van der Waals surface area contributed by atoms with E-state index >= 15 is 0 Å². The molecular weight excluding hydrogens is 216 g/mol. The summed E-state index contributed by atoms with van der Waals surface area (Å²) in [5.74, 6) is -0.525. The van der Waals surface area contributed by atoms with Crippen LogP contribution in [0.4, 0.5) is 0 Å². The van der Waals surface area contributed by atoms with Crippen molar-refractivity contribution in [1.29, 1.82) is 0 Å². The minimum Gasteiger partial charge on any atom is -0.394 e. The molecule has 1 aliphatic heterocycles. The van der Waals surface area contributed by atoms with Crippen LogP contribution in [0.25, 0.3) is 0 Å². The van der Waals surface area contributed by atoms with Gasteiger partial charge in [0.15, 0.2) is 5.79 Å². The highest BCUT2D eigenvalue weighted by atomic mass is 16.8. The van der Waals surface area contributed by atoms with Crippen LogP contribution in [0.5, 0.6) is 0 Å². The summed E-state index contributed by atoms with van der Waals surface area (Å²) in [6.45, 7) is 8.07. The van der Waals surface area contributed by atoms with Gasteiger partial charge in [0, 0.05) is 0 Å². The standard InChI is InChI=1S/C14H24O3/c1-5-8-9-11(4)13-12(10-15)16-14(6-2,7-3)17-13/h5,8-9,12-13,15H,6-7,10H2,1-4H3. The van der Waals surface area contributed by atoms with Crippen molar-refractivity contribution in [2.75, 3.05) is 6.61 Å². The molecule has 0 aromatic carbocycles. The second-order valence-corrected chi connectivity index (χ2v) is 4.43. The first-order chi connectivity index (χ1) is 8.12. The second-order valence-electron chi connectivity index (χ2n) is 4.43. The molecule has 1 fully saturated rings. The minimum atomic E-state index is -0.525. The van der Waals surface area contributed by atoms with Gasteiger partial charge in [-0.15, -0.1) is 0 Å². The van der Waals surface area contributed by atoms with Gasteiger partial charge in [-0.2, -0.15) is 0 Å². The molecule has 0 radical (unpaired) electrons. The number of aliphatic hydroxyl groups is 1. The van der Waals surface area contributed by atoms with Crippen LogP contribution in [-0.2, 0) is 9.47 Å². The first-order valence-electron chi connectivity index (χ1n) is 6.38. The lowest BCUT2D eigenvalue weighted by molar-refractivity contribution is -0.179. The van der Waals surface area contributed by atoms with Crippen LogP contribution < -0.4 is 0 Å². The fourth-order valence-corrected chi connectivity index (χ4v) is 2.12. The fraction of sp³-hybridized carbons (Fsp3) is 0.714. The Kier molecular flexibility index (Phi) is 5.37. The molecule has 1 aliphatic rings. The van der Waals surface area contributed by atoms with E-state index in [0.29, 0.717) is 0 Å². The Bertz CT molecular complexity index is 290. The molecule has 1 N–H and O–H groups in total. The monoisotopic (exact) mass is 240 g/mol. The van der Waals surface area contributed by atoms with Gasteiger partial charge in [-0.25, -0.2) is 0 Å². The first-order valence-corrected chi connectivity index (χ1v) is 6.38. The van der Waals surface area contributed by atoms with Crippen LogP contribution in [-0.4, -0.2) is 29.7 Å². The highest BCUT2D eigenvalue weighted by Gasteiger charge is 2.45. The molecule has 0 aliphatic carbocycles. The average molecular weight is 240 g/mol. The second kappa shape index (κ2) is 6.34. The van der Waals surface area contributed by atoms with Crippen molar-refractivity contribution < 1.29 is 14.6 Å². The number of hydrogen-bond acceptors (Lipinski definition) is 3. The van der Waals surface area contributed by atoms with Gasteiger partial charge >= 0.3 is 0 Å². The van der Waals surface area contributed by atoms with E-state index in [1.165, 1.54) is 0 Å². The molecule has 3 heteroatoms. The molecular formula is C14H24O3. The fourth-order valence-electron chi connectivity index (χ4n) is 2.12. The third-order valence-electron chi connectivity index (χ3n) is 3.30. The Morgan fingerprint density at radius 3 is 2.41 bits per heavy atom. The Morgan fingerprint density at radius 2 is 1.94 bits per heavy atom. The third-order valence-corrected chi connectivity index (χ3v) is 3.30. The molecule has 17 heavy (non-hydrogen) atoms. The average Bonchev–Trinajstić information content (AvgIpc) is 2.75. The summed E-state index contributed by atoms with van der Waals surface area (Å²) in [4.78, 5) is 0. The van der Waals surface area contributed by atoms with E-state index in [0.717, 1.165) is 18.4 Å². The predicted molar refractivity (Wildman–Crippen MR) is 68.7 cm³/mol. The minimum absolute atomic E-state index is 0.00651.